The van der Waals surface area contributed by atoms with Crippen molar-refractivity contribution >= 4 is 46.7 Å². The molecule has 7 heterocycles. The van der Waals surface area contributed by atoms with E-state index < -0.39 is 35.5 Å². The molecule has 16 nitrogen and oxygen atoms in total. The van der Waals surface area contributed by atoms with Crippen LogP contribution in [0.3, 0.4) is 0 Å². The van der Waals surface area contributed by atoms with E-state index in [1.54, 1.807) is 0 Å². The van der Waals surface area contributed by atoms with Crippen LogP contribution in [-0.2, 0) is 20.8 Å². The third kappa shape index (κ3) is 10.4. The van der Waals surface area contributed by atoms with Crippen molar-refractivity contribution in [1.29, 1.82) is 0 Å². The Morgan fingerprint density at radius 2 is 1.44 bits per heavy atom. The van der Waals surface area contributed by atoms with E-state index in [0.717, 1.165) is 154 Å². The number of carbonyl (C=O) groups excluding carboxylic acids is 5. The van der Waals surface area contributed by atoms with E-state index in [1.807, 2.05) is 20.4 Å². The Morgan fingerprint density at radius 1 is 0.750 bits per heavy atom. The molecule has 378 valence electrons. The van der Waals surface area contributed by atoms with Crippen molar-refractivity contribution in [2.24, 2.45) is 5.92 Å². The standard InChI is InChI=1S/C55H65FN10O6/c1-37-51(40-12-6-4-7-13-40)52-57-45(35-49(66(52)59-37)63-28-22-60(23-29-63)30-31-67)41-14-9-11-38(32-41)10-5-2-3-8-15-50(69)64-20-18-39(19-21-64)36-61-24-26-62(27-25-61)47-34-43-42(33-44(47)56)54(71)65(55(43)72)46-16-17-48(68)58-53(46)70/h4,6-7,9,11-14,32-35,39,46,67H,2-3,5,8,10,15-31,36H2,1H3,(H,58,68,70). The lowest BCUT2D eigenvalue weighted by Gasteiger charge is -2.39. The Hall–Kier alpha value is -6.56. The van der Waals surface area contributed by atoms with Gasteiger partial charge in [0.1, 0.15) is 17.7 Å². The summed E-state index contributed by atoms with van der Waals surface area (Å²) < 4.78 is 17.5. The first-order valence-electron chi connectivity index (χ1n) is 26.0. The minimum absolute atomic E-state index is 0.0170. The SMILES string of the molecule is Cc1nn2c(N3CCN(CCO)CC3)cc(-c3cccc(CCCCCCC(=O)N4CCC(CN5CCN(c6cc7c(cc6F)C(=O)N(C6CCC(=O)NC6=O)C7=O)CC5)CC4)c3)nc2c1-c1ccccc1. The van der Waals surface area contributed by atoms with Crippen molar-refractivity contribution in [1.82, 2.24) is 39.5 Å². The van der Waals surface area contributed by atoms with Crippen molar-refractivity contribution < 1.29 is 33.5 Å². The van der Waals surface area contributed by atoms with Gasteiger partial charge >= 0.3 is 0 Å². The number of carbonyl (C=O) groups is 5. The Kier molecular flexibility index (Phi) is 14.7. The lowest BCUT2D eigenvalue weighted by Crippen LogP contribution is -2.54. The summed E-state index contributed by atoms with van der Waals surface area (Å²) in [5, 5.41) is 16.7. The van der Waals surface area contributed by atoms with Gasteiger partial charge in [0.2, 0.25) is 17.7 Å². The van der Waals surface area contributed by atoms with E-state index in [9.17, 15) is 29.1 Å². The predicted molar refractivity (Wildman–Crippen MR) is 272 cm³/mol. The molecule has 0 saturated carbocycles. The van der Waals surface area contributed by atoms with Crippen LogP contribution in [0.15, 0.2) is 72.8 Å². The Morgan fingerprint density at radius 3 is 2.18 bits per heavy atom. The average Bonchev–Trinajstić information content (AvgIpc) is 3.85. The van der Waals surface area contributed by atoms with E-state index in [4.69, 9.17) is 10.1 Å². The topological polar surface area (TPSA) is 167 Å². The quantitative estimate of drug-likeness (QED) is 0.0933. The summed E-state index contributed by atoms with van der Waals surface area (Å²) in [6, 6.07) is 22.7. The molecule has 0 aliphatic carbocycles. The fourth-order valence-electron chi connectivity index (χ4n) is 11.4. The number of anilines is 2. The molecule has 4 fully saturated rings. The second-order valence-corrected chi connectivity index (χ2v) is 20.1. The fourth-order valence-corrected chi connectivity index (χ4v) is 11.4. The maximum Gasteiger partial charge on any atom is 0.262 e. The highest BCUT2D eigenvalue weighted by molar-refractivity contribution is 6.23. The van der Waals surface area contributed by atoms with E-state index in [0.29, 0.717) is 32.0 Å². The predicted octanol–water partition coefficient (Wildman–Crippen LogP) is 5.58. The largest absolute Gasteiger partial charge is 0.395 e. The lowest BCUT2D eigenvalue weighted by molar-refractivity contribution is -0.136. The van der Waals surface area contributed by atoms with Crippen LogP contribution in [0, 0.1) is 18.7 Å². The molecule has 5 aliphatic heterocycles. The number of hydrogen-bond donors (Lipinski definition) is 2. The number of β-amino-alcohol motifs (C(OH)–C–C–N with tert-alkyl or cyclic N) is 1. The molecule has 5 amide bonds. The maximum absolute atomic E-state index is 15.5. The molecule has 10 rings (SSSR count). The maximum atomic E-state index is 15.5. The molecule has 72 heavy (non-hydrogen) atoms. The summed E-state index contributed by atoms with van der Waals surface area (Å²) >= 11 is 0. The normalized spacial score (nSPS) is 19.5. The number of piperidine rings is 2. The van der Waals surface area contributed by atoms with E-state index >= 15 is 4.39 Å². The molecule has 0 radical (unpaired) electrons. The fraction of sp³-hybridized carbons (Fsp3) is 0.473. The number of aromatic nitrogens is 3. The van der Waals surface area contributed by atoms with Gasteiger partial charge in [-0.2, -0.15) is 9.61 Å². The molecule has 2 N–H and O–H groups in total. The highest BCUT2D eigenvalue weighted by atomic mass is 19.1. The van der Waals surface area contributed by atoms with E-state index in [1.165, 1.54) is 11.6 Å². The van der Waals surface area contributed by atoms with Crippen molar-refractivity contribution in [3.8, 4) is 22.4 Å². The molecule has 4 saturated heterocycles. The van der Waals surface area contributed by atoms with Crippen LogP contribution < -0.4 is 15.1 Å². The number of piperazine rings is 2. The lowest BCUT2D eigenvalue weighted by atomic mass is 9.95. The first-order chi connectivity index (χ1) is 35.0. The molecule has 0 bridgehead atoms. The number of likely N-dealkylation sites (tertiary alicyclic amines) is 1. The smallest absolute Gasteiger partial charge is 0.262 e. The monoisotopic (exact) mass is 981 g/mol. The molecule has 1 unspecified atom stereocenters. The van der Waals surface area contributed by atoms with Crippen LogP contribution in [0.25, 0.3) is 28.0 Å². The molecule has 17 heteroatoms. The Bertz CT molecular complexity index is 2830. The van der Waals surface area contributed by atoms with E-state index in [2.05, 4.69) is 81.5 Å². The van der Waals surface area contributed by atoms with Crippen LogP contribution in [-0.4, -0.2) is 160 Å². The summed E-state index contributed by atoms with van der Waals surface area (Å²) in [6.07, 6.45) is 7.47. The number of imide groups is 2. The van der Waals surface area contributed by atoms with Gasteiger partial charge in [-0.3, -0.25) is 44.0 Å². The van der Waals surface area contributed by atoms with Gasteiger partial charge in [0.15, 0.2) is 5.65 Å². The molecule has 2 aromatic heterocycles. The summed E-state index contributed by atoms with van der Waals surface area (Å²) in [6.45, 7) is 11.3. The van der Waals surface area contributed by atoms with Gasteiger partial charge in [-0.15, -0.1) is 0 Å². The minimum atomic E-state index is -1.10. The molecule has 0 spiro atoms. The zero-order valence-corrected chi connectivity index (χ0v) is 41.2. The summed E-state index contributed by atoms with van der Waals surface area (Å²) in [5.41, 5.74) is 7.47. The number of aliphatic hydroxyl groups excluding tert-OH is 1. The third-order valence-corrected chi connectivity index (χ3v) is 15.5. The van der Waals surface area contributed by atoms with E-state index in [-0.39, 0.29) is 42.2 Å². The number of amides is 5. The number of nitrogens with one attached hydrogen (secondary N) is 1. The summed E-state index contributed by atoms with van der Waals surface area (Å²) in [7, 11) is 0. The van der Waals surface area contributed by atoms with Crippen LogP contribution >= 0.6 is 0 Å². The van der Waals surface area contributed by atoms with Crippen molar-refractivity contribution in [3.63, 3.8) is 0 Å². The molecule has 5 aliphatic rings. The van der Waals surface area contributed by atoms with Gasteiger partial charge in [-0.05, 0) is 80.7 Å². The Balaban J connectivity index is 0.663. The number of benzene rings is 3. The number of halogens is 1. The second-order valence-electron chi connectivity index (χ2n) is 20.1. The number of unbranched alkanes of at least 4 members (excludes halogenated alkanes) is 3. The average molecular weight is 981 g/mol. The molecule has 5 aromatic rings. The summed E-state index contributed by atoms with van der Waals surface area (Å²) in [5.74, 6) is -1.36. The minimum Gasteiger partial charge on any atom is -0.395 e. The highest BCUT2D eigenvalue weighted by Gasteiger charge is 2.45. The van der Waals surface area contributed by atoms with Crippen LogP contribution in [0.5, 0.6) is 0 Å². The van der Waals surface area contributed by atoms with Crippen LogP contribution in [0.4, 0.5) is 15.9 Å². The van der Waals surface area contributed by atoms with Gasteiger partial charge in [-0.25, -0.2) is 9.37 Å². The zero-order chi connectivity index (χ0) is 49.9. The molecule has 1 atom stereocenters. The number of hydrogen-bond acceptors (Lipinski definition) is 12. The first kappa shape index (κ1) is 49.0. The van der Waals surface area contributed by atoms with Gasteiger partial charge in [0.05, 0.1) is 34.8 Å². The van der Waals surface area contributed by atoms with Crippen molar-refractivity contribution in [3.05, 3.63) is 101 Å². The van der Waals surface area contributed by atoms with Gasteiger partial charge in [-0.1, -0.05) is 61.4 Å². The third-order valence-electron chi connectivity index (χ3n) is 15.5. The zero-order valence-electron chi connectivity index (χ0n) is 41.2. The van der Waals surface area contributed by atoms with Crippen LogP contribution in [0.2, 0.25) is 0 Å². The molecular weight excluding hydrogens is 916 g/mol. The van der Waals surface area contributed by atoms with Gasteiger partial charge < -0.3 is 19.8 Å². The number of aliphatic hydroxyl groups is 1. The number of aryl methyl sites for hydroxylation is 2. The summed E-state index contributed by atoms with van der Waals surface area (Å²) in [4.78, 5) is 81.1. The number of nitrogens with zero attached hydrogens (tertiary/aromatic N) is 9. The highest BCUT2D eigenvalue weighted by Crippen LogP contribution is 2.35. The van der Waals surface area contributed by atoms with Gasteiger partial charge in [0, 0.05) is 109 Å². The van der Waals surface area contributed by atoms with Crippen molar-refractivity contribution in [2.45, 2.75) is 77.2 Å². The number of fused-ring (bicyclic) bond motifs is 2. The van der Waals surface area contributed by atoms with Gasteiger partial charge in [0.25, 0.3) is 11.8 Å². The molecular formula is C55H65FN10O6. The second kappa shape index (κ2) is 21.7. The molecule has 3 aromatic carbocycles. The Labute approximate surface area is 419 Å². The number of rotatable bonds is 16. The van der Waals surface area contributed by atoms with Crippen LogP contribution in [0.1, 0.15) is 89.8 Å². The first-order valence-corrected chi connectivity index (χ1v) is 26.0. The van der Waals surface area contributed by atoms with Crippen molar-refractivity contribution in [2.75, 3.05) is 94.9 Å².